The highest BCUT2D eigenvalue weighted by atomic mass is 32.2. The molecule has 2 heterocycles. The van der Waals surface area contributed by atoms with Gasteiger partial charge in [-0.15, -0.1) is 0 Å². The van der Waals surface area contributed by atoms with Crippen LogP contribution in [0, 0.1) is 0 Å². The second-order valence-corrected chi connectivity index (χ2v) is 7.91. The van der Waals surface area contributed by atoms with Crippen LogP contribution in [0.4, 0.5) is 4.79 Å². The third kappa shape index (κ3) is 4.57. The molecular formula is C18H18N2O4S2. The summed E-state index contributed by atoms with van der Waals surface area (Å²) < 4.78 is 0. The summed E-state index contributed by atoms with van der Waals surface area (Å²) in [4.78, 5) is 37.7. The first-order chi connectivity index (χ1) is 12.5. The molecule has 0 spiro atoms. The minimum absolute atomic E-state index is 0.284. The van der Waals surface area contributed by atoms with Crippen molar-refractivity contribution in [2.75, 3.05) is 18.1 Å². The maximum absolute atomic E-state index is 12.3. The molecule has 2 aliphatic rings. The van der Waals surface area contributed by atoms with Crippen molar-refractivity contribution >= 4 is 46.7 Å². The molecule has 0 bridgehead atoms. The number of hydrogen-bond acceptors (Lipinski definition) is 6. The van der Waals surface area contributed by atoms with Crippen LogP contribution < -0.4 is 5.32 Å². The molecule has 26 heavy (non-hydrogen) atoms. The Morgan fingerprint density at radius 3 is 2.73 bits per heavy atom. The number of carbonyl (C=O) groups excluding carboxylic acids is 3. The van der Waals surface area contributed by atoms with Crippen LogP contribution in [0.1, 0.15) is 5.56 Å². The maximum Gasteiger partial charge on any atom is 0.294 e. The smallest absolute Gasteiger partial charge is 0.294 e. The number of carbonyl (C=O) groups is 3. The number of amides is 3. The lowest BCUT2D eigenvalue weighted by Gasteiger charge is -2.18. The lowest BCUT2D eigenvalue weighted by molar-refractivity contribution is -0.129. The van der Waals surface area contributed by atoms with Crippen molar-refractivity contribution in [2.24, 2.45) is 0 Å². The van der Waals surface area contributed by atoms with Gasteiger partial charge in [0.15, 0.2) is 0 Å². The fourth-order valence-corrected chi connectivity index (χ4v) is 4.50. The molecule has 0 unspecified atom stereocenters. The molecule has 2 fully saturated rings. The maximum atomic E-state index is 12.3. The molecule has 3 amide bonds. The van der Waals surface area contributed by atoms with E-state index in [4.69, 9.17) is 0 Å². The molecule has 2 atom stereocenters. The number of hydrogen-bond donors (Lipinski definition) is 2. The molecule has 1 aromatic carbocycles. The van der Waals surface area contributed by atoms with Crippen LogP contribution in [0.5, 0.6) is 0 Å². The standard InChI is InChI=1S/C18H18N2O4S2/c21-14-11-25-10-13(14)19-16(22)9-20-17(23)15(26-18(20)24)8-4-7-12-5-2-1-3-6-12/h1-8,13-14,21H,9-11H2,(H,19,22)/b7-4+,15-8-/t13-,14-/m1/s1. The number of allylic oxidation sites excluding steroid dienone is 2. The lowest BCUT2D eigenvalue weighted by Crippen LogP contribution is -2.47. The normalized spacial score (nSPS) is 24.8. The summed E-state index contributed by atoms with van der Waals surface area (Å²) in [5.74, 6) is 0.274. The molecule has 0 radical (unpaired) electrons. The number of nitrogens with one attached hydrogen (secondary N) is 1. The van der Waals surface area contributed by atoms with Gasteiger partial charge in [0.25, 0.3) is 11.1 Å². The van der Waals surface area contributed by atoms with E-state index in [1.807, 2.05) is 36.4 Å². The first-order valence-electron chi connectivity index (χ1n) is 8.07. The van der Waals surface area contributed by atoms with Crippen molar-refractivity contribution in [3.63, 3.8) is 0 Å². The average Bonchev–Trinajstić information content (AvgIpc) is 3.14. The predicted molar refractivity (Wildman–Crippen MR) is 104 cm³/mol. The summed E-state index contributed by atoms with van der Waals surface area (Å²) in [6, 6.07) is 9.25. The van der Waals surface area contributed by atoms with Crippen molar-refractivity contribution in [1.82, 2.24) is 10.2 Å². The molecule has 0 aliphatic carbocycles. The largest absolute Gasteiger partial charge is 0.390 e. The predicted octanol–water partition coefficient (Wildman–Crippen LogP) is 1.87. The average molecular weight is 390 g/mol. The zero-order chi connectivity index (χ0) is 18.5. The Labute approximate surface area is 159 Å². The quantitative estimate of drug-likeness (QED) is 0.747. The first-order valence-corrected chi connectivity index (χ1v) is 10.0. The number of nitrogens with zero attached hydrogens (tertiary/aromatic N) is 1. The fourth-order valence-electron chi connectivity index (χ4n) is 2.54. The van der Waals surface area contributed by atoms with E-state index in [1.54, 1.807) is 23.9 Å². The molecule has 2 N–H and O–H groups in total. The second kappa shape index (κ2) is 8.57. The van der Waals surface area contributed by atoms with E-state index in [-0.39, 0.29) is 17.5 Å². The topological polar surface area (TPSA) is 86.7 Å². The van der Waals surface area contributed by atoms with Crippen molar-refractivity contribution in [2.45, 2.75) is 12.1 Å². The monoisotopic (exact) mass is 390 g/mol. The van der Waals surface area contributed by atoms with Crippen LogP contribution in [0.25, 0.3) is 6.08 Å². The zero-order valence-electron chi connectivity index (χ0n) is 13.8. The van der Waals surface area contributed by atoms with Crippen LogP contribution in [-0.4, -0.2) is 57.3 Å². The van der Waals surface area contributed by atoms with Crippen LogP contribution in [0.15, 0.2) is 47.4 Å². The SMILES string of the molecule is O=C(CN1C(=O)S/C(=C\C=C\c2ccccc2)C1=O)N[C@@H]1CSC[C@H]1O. The minimum Gasteiger partial charge on any atom is -0.390 e. The zero-order valence-corrected chi connectivity index (χ0v) is 15.5. The van der Waals surface area contributed by atoms with Gasteiger partial charge in [-0.2, -0.15) is 11.8 Å². The number of aliphatic hydroxyl groups excluding tert-OH is 1. The second-order valence-electron chi connectivity index (χ2n) is 5.84. The van der Waals surface area contributed by atoms with E-state index in [2.05, 4.69) is 5.32 Å². The Bertz CT molecular complexity index is 764. The van der Waals surface area contributed by atoms with Crippen LogP contribution in [-0.2, 0) is 9.59 Å². The summed E-state index contributed by atoms with van der Waals surface area (Å²) in [5.41, 5.74) is 0.982. The summed E-state index contributed by atoms with van der Waals surface area (Å²) in [7, 11) is 0. The van der Waals surface area contributed by atoms with Gasteiger partial charge in [-0.3, -0.25) is 19.3 Å². The lowest BCUT2D eigenvalue weighted by atomic mass is 10.2. The molecule has 2 saturated heterocycles. The Hall–Kier alpha value is -2.03. The number of benzene rings is 1. The van der Waals surface area contributed by atoms with Gasteiger partial charge in [0.05, 0.1) is 17.1 Å². The molecule has 2 aliphatic heterocycles. The van der Waals surface area contributed by atoms with Gasteiger partial charge in [0.1, 0.15) is 6.54 Å². The van der Waals surface area contributed by atoms with Crippen molar-refractivity contribution in [3.8, 4) is 0 Å². The Morgan fingerprint density at radius 1 is 1.27 bits per heavy atom. The van der Waals surface area contributed by atoms with Crippen LogP contribution in [0.3, 0.4) is 0 Å². The molecule has 136 valence electrons. The summed E-state index contributed by atoms with van der Waals surface area (Å²) >= 11 is 2.37. The molecular weight excluding hydrogens is 372 g/mol. The highest BCUT2D eigenvalue weighted by Gasteiger charge is 2.37. The molecule has 0 aromatic heterocycles. The van der Waals surface area contributed by atoms with Gasteiger partial charge in [-0.25, -0.2) is 0 Å². The number of imide groups is 1. The van der Waals surface area contributed by atoms with Gasteiger partial charge in [-0.1, -0.05) is 42.5 Å². The van der Waals surface area contributed by atoms with E-state index in [0.29, 0.717) is 11.5 Å². The van der Waals surface area contributed by atoms with Gasteiger partial charge in [0.2, 0.25) is 5.91 Å². The van der Waals surface area contributed by atoms with Crippen molar-refractivity contribution < 1.29 is 19.5 Å². The van der Waals surface area contributed by atoms with E-state index < -0.39 is 23.2 Å². The van der Waals surface area contributed by atoms with Gasteiger partial charge in [-0.05, 0) is 23.4 Å². The van der Waals surface area contributed by atoms with Gasteiger partial charge >= 0.3 is 0 Å². The number of aliphatic hydroxyl groups is 1. The highest BCUT2D eigenvalue weighted by Crippen LogP contribution is 2.30. The van der Waals surface area contributed by atoms with Gasteiger partial charge in [0, 0.05) is 11.5 Å². The third-order valence-corrected chi connectivity index (χ3v) is 6.01. The van der Waals surface area contributed by atoms with Crippen LogP contribution in [0.2, 0.25) is 0 Å². The summed E-state index contributed by atoms with van der Waals surface area (Å²) in [6.45, 7) is -0.335. The first kappa shape index (κ1) is 18.8. The van der Waals surface area contributed by atoms with Crippen LogP contribution >= 0.6 is 23.5 Å². The highest BCUT2D eigenvalue weighted by molar-refractivity contribution is 8.18. The fraction of sp³-hybridized carbons (Fsp3) is 0.278. The Balaban J connectivity index is 1.58. The molecule has 3 rings (SSSR count). The Morgan fingerprint density at radius 2 is 2.04 bits per heavy atom. The van der Waals surface area contributed by atoms with Gasteiger partial charge < -0.3 is 10.4 Å². The van der Waals surface area contributed by atoms with Crippen molar-refractivity contribution in [1.29, 1.82) is 0 Å². The molecule has 6 nitrogen and oxygen atoms in total. The van der Waals surface area contributed by atoms with Crippen molar-refractivity contribution in [3.05, 3.63) is 53.0 Å². The number of rotatable bonds is 5. The summed E-state index contributed by atoms with van der Waals surface area (Å²) in [6.07, 6.45) is 4.52. The van der Waals surface area contributed by atoms with E-state index in [1.165, 1.54) is 0 Å². The van der Waals surface area contributed by atoms with E-state index in [9.17, 15) is 19.5 Å². The van der Waals surface area contributed by atoms with E-state index >= 15 is 0 Å². The minimum atomic E-state index is -0.595. The number of thioether (sulfide) groups is 2. The Kier molecular flexibility index (Phi) is 6.18. The molecule has 8 heteroatoms. The molecule has 1 aromatic rings. The van der Waals surface area contributed by atoms with E-state index in [0.717, 1.165) is 22.2 Å². The summed E-state index contributed by atoms with van der Waals surface area (Å²) in [5, 5.41) is 11.9. The molecule has 0 saturated carbocycles. The third-order valence-electron chi connectivity index (χ3n) is 3.91.